The highest BCUT2D eigenvalue weighted by Crippen LogP contribution is 2.35. The summed E-state index contributed by atoms with van der Waals surface area (Å²) >= 11 is 0. The number of carbonyl (C=O) groups is 1. The quantitative estimate of drug-likeness (QED) is 0.744. The second-order valence-electron chi connectivity index (χ2n) is 5.10. The maximum atomic E-state index is 11.8. The van der Waals surface area contributed by atoms with Crippen LogP contribution in [0.4, 0.5) is 11.6 Å². The van der Waals surface area contributed by atoms with E-state index in [1.165, 1.54) is 11.8 Å². The lowest BCUT2D eigenvalue weighted by atomic mass is 10.0. The Morgan fingerprint density at radius 1 is 1.55 bits per heavy atom. The van der Waals surface area contributed by atoms with Crippen LogP contribution in [0, 0.1) is 0 Å². The molecule has 20 heavy (non-hydrogen) atoms. The van der Waals surface area contributed by atoms with E-state index in [9.17, 15) is 13.2 Å². The molecule has 0 aromatic carbocycles. The average Bonchev–Trinajstić information content (AvgIpc) is 2.86. The number of esters is 1. The summed E-state index contributed by atoms with van der Waals surface area (Å²) in [5, 5.41) is 7.00. The number of hydrogen-bond donors (Lipinski definition) is 2. The highest BCUT2D eigenvalue weighted by molar-refractivity contribution is 7.91. The Balaban J connectivity index is 2.54. The van der Waals surface area contributed by atoms with Gasteiger partial charge in [0.05, 0.1) is 24.2 Å². The van der Waals surface area contributed by atoms with Crippen molar-refractivity contribution in [2.24, 2.45) is 0 Å². The average molecular weight is 302 g/mol. The van der Waals surface area contributed by atoms with E-state index in [0.717, 1.165) is 0 Å². The summed E-state index contributed by atoms with van der Waals surface area (Å²) < 4.78 is 29.5. The van der Waals surface area contributed by atoms with Crippen molar-refractivity contribution < 1.29 is 17.9 Å². The lowest BCUT2D eigenvalue weighted by Crippen LogP contribution is -2.33. The van der Waals surface area contributed by atoms with Crippen LogP contribution >= 0.6 is 0 Å². The molecule has 1 aromatic heterocycles. The number of ether oxygens (including phenoxy) is 1. The van der Waals surface area contributed by atoms with E-state index in [-0.39, 0.29) is 28.7 Å². The zero-order valence-electron chi connectivity index (χ0n) is 11.6. The fourth-order valence-corrected chi connectivity index (χ4v) is 4.59. The molecule has 1 fully saturated rings. The van der Waals surface area contributed by atoms with Gasteiger partial charge in [0, 0.05) is 7.05 Å². The Labute approximate surface area is 117 Å². The number of aromatic nitrogens is 2. The molecule has 1 aliphatic rings. The van der Waals surface area contributed by atoms with Gasteiger partial charge >= 0.3 is 5.97 Å². The third-order valence-corrected chi connectivity index (χ3v) is 5.43. The molecule has 8 nitrogen and oxygen atoms in total. The zero-order chi connectivity index (χ0) is 15.1. The van der Waals surface area contributed by atoms with Crippen LogP contribution in [-0.4, -0.2) is 49.8 Å². The number of methoxy groups -OCH3 is 1. The number of nitrogens with one attached hydrogen (secondary N) is 1. The molecule has 1 aromatic rings. The maximum Gasteiger partial charge on any atom is 0.345 e. The van der Waals surface area contributed by atoms with Crippen LogP contribution in [0.5, 0.6) is 0 Å². The number of hydrogen-bond acceptors (Lipinski definition) is 7. The normalized spacial score (nSPS) is 24.6. The highest BCUT2D eigenvalue weighted by atomic mass is 32.2. The first-order valence-electron chi connectivity index (χ1n) is 6.09. The Bertz CT molecular complexity index is 652. The van der Waals surface area contributed by atoms with Crippen LogP contribution in [0.1, 0.15) is 23.7 Å². The van der Waals surface area contributed by atoms with Gasteiger partial charge in [-0.1, -0.05) is 0 Å². The van der Waals surface area contributed by atoms with Crippen molar-refractivity contribution in [3.05, 3.63) is 5.56 Å². The van der Waals surface area contributed by atoms with E-state index in [1.807, 2.05) is 0 Å². The molecule has 0 spiro atoms. The van der Waals surface area contributed by atoms with Crippen molar-refractivity contribution in [2.75, 3.05) is 36.7 Å². The van der Waals surface area contributed by atoms with Gasteiger partial charge in [-0.25, -0.2) is 17.9 Å². The van der Waals surface area contributed by atoms with E-state index in [1.54, 1.807) is 14.0 Å². The predicted octanol–water partition coefficient (Wildman–Crippen LogP) is -0.173. The van der Waals surface area contributed by atoms with Gasteiger partial charge in [0.1, 0.15) is 11.4 Å². The predicted molar refractivity (Wildman–Crippen MR) is 74.4 cm³/mol. The number of nitrogens with two attached hydrogens (primary N) is 1. The summed E-state index contributed by atoms with van der Waals surface area (Å²) in [5.74, 6) is -0.177. The largest absolute Gasteiger partial charge is 0.465 e. The van der Waals surface area contributed by atoms with Crippen molar-refractivity contribution >= 4 is 27.4 Å². The molecule has 1 aliphatic heterocycles. The van der Waals surface area contributed by atoms with Crippen molar-refractivity contribution in [3.8, 4) is 0 Å². The molecule has 112 valence electrons. The minimum absolute atomic E-state index is 0.0460. The smallest absolute Gasteiger partial charge is 0.345 e. The summed E-state index contributed by atoms with van der Waals surface area (Å²) in [6, 6.07) is 0. The number of nitrogens with zero attached hydrogens (tertiary/aromatic N) is 2. The summed E-state index contributed by atoms with van der Waals surface area (Å²) in [7, 11) is -0.254. The molecule has 0 saturated carbocycles. The maximum absolute atomic E-state index is 11.8. The van der Waals surface area contributed by atoms with Gasteiger partial charge in [-0.05, 0) is 13.3 Å². The standard InChI is InChI=1S/C11H18N4O4S/c1-11(4-5-20(17,18)6-11)15-8(12)7(10(16)19-3)9(13-2)14-15/h4-6,12H2,1-3H3,(H,13,14). The first-order valence-corrected chi connectivity index (χ1v) is 7.92. The molecule has 2 heterocycles. The monoisotopic (exact) mass is 302 g/mol. The van der Waals surface area contributed by atoms with Crippen LogP contribution in [0.15, 0.2) is 0 Å². The third-order valence-electron chi connectivity index (χ3n) is 3.54. The molecule has 0 bridgehead atoms. The molecule has 9 heteroatoms. The fourth-order valence-electron chi connectivity index (χ4n) is 2.48. The van der Waals surface area contributed by atoms with Crippen LogP contribution in [-0.2, 0) is 20.1 Å². The SMILES string of the molecule is CNc1nn(C2(C)CCS(=O)(=O)C2)c(N)c1C(=O)OC. The molecule has 1 atom stereocenters. The number of anilines is 2. The van der Waals surface area contributed by atoms with Crippen molar-refractivity contribution in [2.45, 2.75) is 18.9 Å². The molecule has 3 N–H and O–H groups in total. The number of sulfone groups is 1. The van der Waals surface area contributed by atoms with Gasteiger partial charge in [-0.3, -0.25) is 0 Å². The molecule has 0 aliphatic carbocycles. The second-order valence-corrected chi connectivity index (χ2v) is 7.29. The van der Waals surface area contributed by atoms with E-state index in [4.69, 9.17) is 5.73 Å². The molecule has 0 amide bonds. The molecular weight excluding hydrogens is 284 g/mol. The molecule has 2 rings (SSSR count). The lowest BCUT2D eigenvalue weighted by molar-refractivity contribution is 0.0603. The van der Waals surface area contributed by atoms with Crippen molar-refractivity contribution in [3.63, 3.8) is 0 Å². The van der Waals surface area contributed by atoms with Crippen LogP contribution in [0.2, 0.25) is 0 Å². The van der Waals surface area contributed by atoms with Gasteiger partial charge in [0.25, 0.3) is 0 Å². The topological polar surface area (TPSA) is 116 Å². The third kappa shape index (κ3) is 2.21. The number of carbonyl (C=O) groups excluding carboxylic acids is 1. The van der Waals surface area contributed by atoms with Gasteiger partial charge in [0.15, 0.2) is 15.7 Å². The molecule has 1 saturated heterocycles. The van der Waals surface area contributed by atoms with Gasteiger partial charge in [-0.2, -0.15) is 5.10 Å². The molecule has 0 radical (unpaired) electrons. The van der Waals surface area contributed by atoms with Gasteiger partial charge in [0.2, 0.25) is 0 Å². The fraction of sp³-hybridized carbons (Fsp3) is 0.636. The first kappa shape index (κ1) is 14.6. The van der Waals surface area contributed by atoms with Crippen LogP contribution in [0.3, 0.4) is 0 Å². The van der Waals surface area contributed by atoms with Gasteiger partial charge < -0.3 is 15.8 Å². The van der Waals surface area contributed by atoms with Crippen molar-refractivity contribution in [1.29, 1.82) is 0 Å². The lowest BCUT2D eigenvalue weighted by Gasteiger charge is -2.24. The minimum Gasteiger partial charge on any atom is -0.465 e. The Kier molecular flexibility index (Phi) is 3.41. The summed E-state index contributed by atoms with van der Waals surface area (Å²) in [4.78, 5) is 11.8. The first-order chi connectivity index (χ1) is 9.24. The van der Waals surface area contributed by atoms with E-state index >= 15 is 0 Å². The summed E-state index contributed by atoms with van der Waals surface area (Å²) in [6.45, 7) is 1.77. The van der Waals surface area contributed by atoms with E-state index in [2.05, 4.69) is 15.2 Å². The highest BCUT2D eigenvalue weighted by Gasteiger charge is 2.43. The Morgan fingerprint density at radius 2 is 2.20 bits per heavy atom. The Morgan fingerprint density at radius 3 is 2.65 bits per heavy atom. The number of rotatable bonds is 3. The minimum atomic E-state index is -3.11. The second kappa shape index (κ2) is 4.65. The molecule has 1 unspecified atom stereocenters. The number of nitrogen functional groups attached to an aromatic ring is 1. The summed E-state index contributed by atoms with van der Waals surface area (Å²) in [6.07, 6.45) is 0.408. The zero-order valence-corrected chi connectivity index (χ0v) is 12.5. The van der Waals surface area contributed by atoms with E-state index < -0.39 is 21.3 Å². The van der Waals surface area contributed by atoms with Crippen molar-refractivity contribution in [1.82, 2.24) is 9.78 Å². The molecular formula is C11H18N4O4S. The van der Waals surface area contributed by atoms with E-state index in [0.29, 0.717) is 6.42 Å². The Hall–Kier alpha value is -1.77. The van der Waals surface area contributed by atoms with Crippen LogP contribution < -0.4 is 11.1 Å². The summed E-state index contributed by atoms with van der Waals surface area (Å²) in [5.41, 5.74) is 5.35. The van der Waals surface area contributed by atoms with Crippen LogP contribution in [0.25, 0.3) is 0 Å². The van der Waals surface area contributed by atoms with Gasteiger partial charge in [-0.15, -0.1) is 0 Å².